The molecule has 0 bridgehead atoms. The van der Waals surface area contributed by atoms with E-state index in [4.69, 9.17) is 0 Å². The van der Waals surface area contributed by atoms with Crippen molar-refractivity contribution in [1.29, 1.82) is 0 Å². The molecule has 0 aliphatic heterocycles. The van der Waals surface area contributed by atoms with Gasteiger partial charge in [0.05, 0.1) is 11.9 Å². The minimum Gasteiger partial charge on any atom is -0.188 e. The maximum absolute atomic E-state index is 4.23. The second-order valence-electron chi connectivity index (χ2n) is 3.80. The fraction of sp³-hybridized carbons (Fsp3) is 0.750. The molecule has 0 unspecified atom stereocenters. The highest BCUT2D eigenvalue weighted by molar-refractivity contribution is 9.09. The van der Waals surface area contributed by atoms with Crippen molar-refractivity contribution in [2.24, 2.45) is 12.5 Å². The molecule has 0 aliphatic carbocycles. The molecule has 1 aromatic rings. The first-order valence-electron chi connectivity index (χ1n) is 3.95. The molecular weight excluding hydrogens is 218 g/mol. The first-order chi connectivity index (χ1) is 5.53. The molecule has 3 nitrogen and oxygen atoms in total. The molecule has 68 valence electrons. The van der Waals surface area contributed by atoms with E-state index in [2.05, 4.69) is 40.0 Å². The fourth-order valence-electron chi connectivity index (χ4n) is 1.01. The third kappa shape index (κ3) is 2.59. The summed E-state index contributed by atoms with van der Waals surface area (Å²) < 4.78 is 0. The molecule has 1 heterocycles. The highest BCUT2D eigenvalue weighted by Crippen LogP contribution is 2.22. The van der Waals surface area contributed by atoms with Crippen molar-refractivity contribution in [3.05, 3.63) is 11.9 Å². The minimum absolute atomic E-state index is 0.260. The number of aromatic nitrogens is 3. The van der Waals surface area contributed by atoms with E-state index in [-0.39, 0.29) is 5.41 Å². The molecule has 12 heavy (non-hydrogen) atoms. The highest BCUT2D eigenvalue weighted by atomic mass is 79.9. The SMILES string of the molecule is Cn1ncc(CC(C)(C)CBr)n1. The lowest BCUT2D eigenvalue weighted by molar-refractivity contribution is 0.417. The molecule has 0 fully saturated rings. The van der Waals surface area contributed by atoms with E-state index in [1.807, 2.05) is 13.2 Å². The van der Waals surface area contributed by atoms with Crippen molar-refractivity contribution >= 4 is 15.9 Å². The molecule has 0 N–H and O–H groups in total. The van der Waals surface area contributed by atoms with Crippen LogP contribution in [0.3, 0.4) is 0 Å². The summed E-state index contributed by atoms with van der Waals surface area (Å²) in [6, 6.07) is 0. The van der Waals surface area contributed by atoms with Crippen molar-refractivity contribution < 1.29 is 0 Å². The Morgan fingerprint density at radius 1 is 1.58 bits per heavy atom. The van der Waals surface area contributed by atoms with Gasteiger partial charge in [0.1, 0.15) is 0 Å². The van der Waals surface area contributed by atoms with Crippen LogP contribution < -0.4 is 0 Å². The maximum Gasteiger partial charge on any atom is 0.0832 e. The lowest BCUT2D eigenvalue weighted by Crippen LogP contribution is -2.16. The van der Waals surface area contributed by atoms with Gasteiger partial charge in [-0.15, -0.1) is 0 Å². The Bertz CT molecular complexity index is 255. The minimum atomic E-state index is 0.260. The van der Waals surface area contributed by atoms with E-state index in [1.54, 1.807) is 4.80 Å². The van der Waals surface area contributed by atoms with Gasteiger partial charge in [-0.25, -0.2) is 0 Å². The van der Waals surface area contributed by atoms with Crippen molar-refractivity contribution in [2.75, 3.05) is 5.33 Å². The molecular formula is C8H14BrN3. The van der Waals surface area contributed by atoms with Gasteiger partial charge >= 0.3 is 0 Å². The van der Waals surface area contributed by atoms with Crippen molar-refractivity contribution in [3.63, 3.8) is 0 Å². The van der Waals surface area contributed by atoms with Crippen LogP contribution >= 0.6 is 15.9 Å². The van der Waals surface area contributed by atoms with Crippen LogP contribution in [0.15, 0.2) is 6.20 Å². The molecule has 0 amide bonds. The molecule has 1 aromatic heterocycles. The molecule has 0 aromatic carbocycles. The lowest BCUT2D eigenvalue weighted by atomic mass is 9.91. The van der Waals surface area contributed by atoms with Gasteiger partial charge in [-0.2, -0.15) is 15.0 Å². The highest BCUT2D eigenvalue weighted by Gasteiger charge is 2.18. The monoisotopic (exact) mass is 231 g/mol. The van der Waals surface area contributed by atoms with Gasteiger partial charge in [-0.05, 0) is 11.8 Å². The zero-order valence-electron chi connectivity index (χ0n) is 7.71. The summed E-state index contributed by atoms with van der Waals surface area (Å²) >= 11 is 3.48. The van der Waals surface area contributed by atoms with Gasteiger partial charge in [0.15, 0.2) is 0 Å². The largest absolute Gasteiger partial charge is 0.188 e. The Labute approximate surface area is 81.3 Å². The topological polar surface area (TPSA) is 30.7 Å². The Morgan fingerprint density at radius 3 is 2.67 bits per heavy atom. The molecule has 0 atom stereocenters. The van der Waals surface area contributed by atoms with E-state index < -0.39 is 0 Å². The molecule has 1 rings (SSSR count). The van der Waals surface area contributed by atoms with Gasteiger partial charge in [0, 0.05) is 12.4 Å². The number of hydrogen-bond donors (Lipinski definition) is 0. The van der Waals surface area contributed by atoms with Crippen LogP contribution in [0.1, 0.15) is 19.5 Å². The normalized spacial score (nSPS) is 12.0. The third-order valence-corrected chi connectivity index (χ3v) is 3.19. The zero-order valence-corrected chi connectivity index (χ0v) is 9.30. The number of alkyl halides is 1. The lowest BCUT2D eigenvalue weighted by Gasteiger charge is -2.19. The quantitative estimate of drug-likeness (QED) is 0.743. The van der Waals surface area contributed by atoms with E-state index in [1.165, 1.54) is 0 Å². The fourth-order valence-corrected chi connectivity index (χ4v) is 1.20. The van der Waals surface area contributed by atoms with Crippen LogP contribution in [0.4, 0.5) is 0 Å². The van der Waals surface area contributed by atoms with Gasteiger partial charge in [0.25, 0.3) is 0 Å². The summed E-state index contributed by atoms with van der Waals surface area (Å²) in [7, 11) is 1.84. The summed E-state index contributed by atoms with van der Waals surface area (Å²) in [5, 5.41) is 9.24. The number of aryl methyl sites for hydroxylation is 1. The van der Waals surface area contributed by atoms with Crippen LogP contribution in [0.2, 0.25) is 0 Å². The average molecular weight is 232 g/mol. The van der Waals surface area contributed by atoms with E-state index in [9.17, 15) is 0 Å². The van der Waals surface area contributed by atoms with Crippen LogP contribution in [-0.4, -0.2) is 20.3 Å². The predicted molar refractivity (Wildman–Crippen MR) is 52.3 cm³/mol. The third-order valence-electron chi connectivity index (χ3n) is 1.67. The first-order valence-corrected chi connectivity index (χ1v) is 5.07. The van der Waals surface area contributed by atoms with Crippen LogP contribution in [0.25, 0.3) is 0 Å². The second-order valence-corrected chi connectivity index (χ2v) is 4.36. The second kappa shape index (κ2) is 3.56. The number of rotatable bonds is 3. The molecule has 0 spiro atoms. The van der Waals surface area contributed by atoms with Gasteiger partial charge < -0.3 is 0 Å². The van der Waals surface area contributed by atoms with Crippen LogP contribution in [0.5, 0.6) is 0 Å². The summed E-state index contributed by atoms with van der Waals surface area (Å²) in [6.45, 7) is 4.41. The Morgan fingerprint density at radius 2 is 2.25 bits per heavy atom. The molecule has 0 aliphatic rings. The van der Waals surface area contributed by atoms with Gasteiger partial charge in [0.2, 0.25) is 0 Å². The number of halogens is 1. The predicted octanol–water partition coefficient (Wildman–Crippen LogP) is 1.78. The molecule has 4 heteroatoms. The van der Waals surface area contributed by atoms with Crippen molar-refractivity contribution in [2.45, 2.75) is 20.3 Å². The molecule has 0 saturated carbocycles. The first kappa shape index (κ1) is 9.71. The number of nitrogens with zero attached hydrogens (tertiary/aromatic N) is 3. The smallest absolute Gasteiger partial charge is 0.0832 e. The van der Waals surface area contributed by atoms with E-state index in [0.717, 1.165) is 17.4 Å². The molecule has 0 radical (unpaired) electrons. The summed E-state index contributed by atoms with van der Waals surface area (Å²) in [5.74, 6) is 0. The van der Waals surface area contributed by atoms with Gasteiger partial charge in [-0.3, -0.25) is 0 Å². The summed E-state index contributed by atoms with van der Waals surface area (Å²) in [4.78, 5) is 1.60. The zero-order chi connectivity index (χ0) is 9.19. The summed E-state index contributed by atoms with van der Waals surface area (Å²) in [5.41, 5.74) is 1.32. The van der Waals surface area contributed by atoms with E-state index in [0.29, 0.717) is 0 Å². The maximum atomic E-state index is 4.23. The standard InChI is InChI=1S/C8H14BrN3/c1-8(2,6-9)4-7-5-10-12(3)11-7/h5H,4,6H2,1-3H3. The van der Waals surface area contributed by atoms with Gasteiger partial charge in [-0.1, -0.05) is 29.8 Å². The van der Waals surface area contributed by atoms with Crippen molar-refractivity contribution in [3.8, 4) is 0 Å². The Hall–Kier alpha value is -0.380. The average Bonchev–Trinajstić information content (AvgIpc) is 2.35. The molecule has 0 saturated heterocycles. The van der Waals surface area contributed by atoms with E-state index >= 15 is 0 Å². The van der Waals surface area contributed by atoms with Crippen LogP contribution in [0, 0.1) is 5.41 Å². The van der Waals surface area contributed by atoms with Crippen LogP contribution in [-0.2, 0) is 13.5 Å². The Kier molecular flexibility index (Phi) is 2.88. The number of hydrogen-bond acceptors (Lipinski definition) is 2. The van der Waals surface area contributed by atoms with Crippen molar-refractivity contribution in [1.82, 2.24) is 15.0 Å². The summed E-state index contributed by atoms with van der Waals surface area (Å²) in [6.07, 6.45) is 2.79. The Balaban J connectivity index is 2.63.